The summed E-state index contributed by atoms with van der Waals surface area (Å²) in [6.07, 6.45) is 8.59. The highest BCUT2D eigenvalue weighted by molar-refractivity contribution is 5.95. The monoisotopic (exact) mass is 325 g/mol. The molecule has 0 unspecified atom stereocenters. The van der Waals surface area contributed by atoms with Crippen molar-refractivity contribution in [3.63, 3.8) is 0 Å². The van der Waals surface area contributed by atoms with Crippen LogP contribution in [-0.4, -0.2) is 33.7 Å². The molecule has 1 aromatic carbocycles. The van der Waals surface area contributed by atoms with Gasteiger partial charge < -0.3 is 4.90 Å². The second-order valence-electron chi connectivity index (χ2n) is 6.56. The lowest BCUT2D eigenvalue weighted by molar-refractivity contribution is 0.0741. The minimum absolute atomic E-state index is 0.160. The zero-order valence-corrected chi connectivity index (χ0v) is 14.6. The Labute approximate surface area is 144 Å². The number of aromatic nitrogens is 2. The number of likely N-dealkylation sites (tertiary alicyclic amines) is 1. The lowest BCUT2D eigenvalue weighted by atomic mass is 10.1. The zero-order chi connectivity index (χ0) is 16.8. The van der Waals surface area contributed by atoms with Crippen molar-refractivity contribution >= 4 is 5.91 Å². The summed E-state index contributed by atoms with van der Waals surface area (Å²) in [5.74, 6) is 0.160. The molecule has 0 spiro atoms. The molecule has 1 fully saturated rings. The van der Waals surface area contributed by atoms with Crippen LogP contribution in [0.1, 0.15) is 60.6 Å². The first-order valence-electron chi connectivity index (χ1n) is 9.17. The van der Waals surface area contributed by atoms with Gasteiger partial charge in [0.2, 0.25) is 0 Å². The Kier molecular flexibility index (Phi) is 5.68. The molecule has 0 aliphatic carbocycles. The molecular weight excluding hydrogens is 298 g/mol. The van der Waals surface area contributed by atoms with Gasteiger partial charge in [0.1, 0.15) is 0 Å². The number of rotatable bonds is 4. The van der Waals surface area contributed by atoms with E-state index in [1.54, 1.807) is 6.20 Å². The fourth-order valence-corrected chi connectivity index (χ4v) is 3.48. The maximum absolute atomic E-state index is 13.0. The Hall–Kier alpha value is -2.10. The number of nitrogens with zero attached hydrogens (tertiary/aromatic N) is 3. The molecule has 24 heavy (non-hydrogen) atoms. The minimum Gasteiger partial charge on any atom is -0.339 e. The predicted octanol–water partition coefficient (Wildman–Crippen LogP) is 3.90. The van der Waals surface area contributed by atoms with Gasteiger partial charge in [0, 0.05) is 13.1 Å². The van der Waals surface area contributed by atoms with Crippen molar-refractivity contribution in [2.45, 2.75) is 52.0 Å². The first kappa shape index (κ1) is 16.7. The van der Waals surface area contributed by atoms with E-state index in [0.717, 1.165) is 50.2 Å². The van der Waals surface area contributed by atoms with Crippen molar-refractivity contribution in [3.05, 3.63) is 53.3 Å². The van der Waals surface area contributed by atoms with E-state index in [1.165, 1.54) is 24.8 Å². The molecule has 1 aliphatic heterocycles. The summed E-state index contributed by atoms with van der Waals surface area (Å²) < 4.78 is 1.98. The zero-order valence-electron chi connectivity index (χ0n) is 14.6. The Bertz CT molecular complexity index is 655. The lowest BCUT2D eigenvalue weighted by Crippen LogP contribution is -2.34. The number of hydrogen-bond acceptors (Lipinski definition) is 2. The quantitative estimate of drug-likeness (QED) is 0.855. The van der Waals surface area contributed by atoms with E-state index >= 15 is 0 Å². The number of carbonyl (C=O) groups excluding carboxylic acids is 1. The number of benzene rings is 1. The molecule has 0 saturated carbocycles. The van der Waals surface area contributed by atoms with Crippen molar-refractivity contribution in [2.24, 2.45) is 0 Å². The largest absolute Gasteiger partial charge is 0.339 e. The molecule has 4 heteroatoms. The maximum Gasteiger partial charge on any atom is 0.257 e. The van der Waals surface area contributed by atoms with E-state index in [1.807, 2.05) is 27.8 Å². The van der Waals surface area contributed by atoms with Crippen LogP contribution < -0.4 is 0 Å². The van der Waals surface area contributed by atoms with Gasteiger partial charge in [-0.05, 0) is 24.8 Å². The van der Waals surface area contributed by atoms with Crippen LogP contribution in [-0.2, 0) is 13.0 Å². The fourth-order valence-electron chi connectivity index (χ4n) is 3.48. The maximum atomic E-state index is 13.0. The first-order valence-corrected chi connectivity index (χ1v) is 9.17. The molecule has 128 valence electrons. The van der Waals surface area contributed by atoms with Gasteiger partial charge in [-0.25, -0.2) is 0 Å². The van der Waals surface area contributed by atoms with Gasteiger partial charge in [-0.3, -0.25) is 9.48 Å². The van der Waals surface area contributed by atoms with Crippen LogP contribution in [0.15, 0.2) is 36.5 Å². The van der Waals surface area contributed by atoms with Crippen molar-refractivity contribution in [3.8, 4) is 0 Å². The van der Waals surface area contributed by atoms with Crippen molar-refractivity contribution < 1.29 is 4.79 Å². The van der Waals surface area contributed by atoms with Gasteiger partial charge in [0.25, 0.3) is 5.91 Å². The first-order chi connectivity index (χ1) is 11.8. The Morgan fingerprint density at radius 2 is 1.71 bits per heavy atom. The molecule has 2 heterocycles. The van der Waals surface area contributed by atoms with E-state index in [-0.39, 0.29) is 5.91 Å². The molecule has 4 nitrogen and oxygen atoms in total. The molecule has 0 atom stereocenters. The molecule has 0 N–H and O–H groups in total. The Morgan fingerprint density at radius 1 is 1.04 bits per heavy atom. The minimum atomic E-state index is 0.160. The van der Waals surface area contributed by atoms with Crippen LogP contribution in [0.5, 0.6) is 0 Å². The third-order valence-electron chi connectivity index (χ3n) is 4.83. The predicted molar refractivity (Wildman–Crippen MR) is 96.1 cm³/mol. The van der Waals surface area contributed by atoms with Crippen LogP contribution in [0.2, 0.25) is 0 Å². The number of carbonyl (C=O) groups is 1. The summed E-state index contributed by atoms with van der Waals surface area (Å²) in [4.78, 5) is 15.0. The van der Waals surface area contributed by atoms with Gasteiger partial charge >= 0.3 is 0 Å². The van der Waals surface area contributed by atoms with E-state index in [0.29, 0.717) is 0 Å². The van der Waals surface area contributed by atoms with E-state index in [4.69, 9.17) is 0 Å². The summed E-state index contributed by atoms with van der Waals surface area (Å²) in [6, 6.07) is 10.3. The number of hydrogen-bond donors (Lipinski definition) is 0. The molecular formula is C20H27N3O. The van der Waals surface area contributed by atoms with E-state index < -0.39 is 0 Å². The van der Waals surface area contributed by atoms with E-state index in [2.05, 4.69) is 24.2 Å². The molecule has 2 aromatic rings. The van der Waals surface area contributed by atoms with E-state index in [9.17, 15) is 4.79 Å². The van der Waals surface area contributed by atoms with Crippen LogP contribution in [0.25, 0.3) is 0 Å². The Morgan fingerprint density at radius 3 is 2.38 bits per heavy atom. The SMILES string of the molecule is CCc1c(C(=O)N2CCCCCCC2)cnn1Cc1ccccc1. The molecule has 1 saturated heterocycles. The van der Waals surface area contributed by atoms with Crippen LogP contribution in [0, 0.1) is 0 Å². The highest BCUT2D eigenvalue weighted by Gasteiger charge is 2.22. The van der Waals surface area contributed by atoms with Crippen molar-refractivity contribution in [1.29, 1.82) is 0 Å². The highest BCUT2D eigenvalue weighted by atomic mass is 16.2. The third-order valence-corrected chi connectivity index (χ3v) is 4.83. The molecule has 1 aliphatic rings. The summed E-state index contributed by atoms with van der Waals surface area (Å²) in [5.41, 5.74) is 3.04. The molecule has 1 amide bonds. The summed E-state index contributed by atoms with van der Waals surface area (Å²) in [6.45, 7) is 4.58. The fraction of sp³-hybridized carbons (Fsp3) is 0.500. The average Bonchev–Trinajstić information content (AvgIpc) is 2.97. The van der Waals surface area contributed by atoms with Gasteiger partial charge in [0.05, 0.1) is 24.0 Å². The summed E-state index contributed by atoms with van der Waals surface area (Å²) in [5, 5.41) is 4.51. The van der Waals surface area contributed by atoms with Gasteiger partial charge in [0.15, 0.2) is 0 Å². The van der Waals surface area contributed by atoms with Gasteiger partial charge in [-0.1, -0.05) is 56.5 Å². The topological polar surface area (TPSA) is 38.1 Å². The van der Waals surface area contributed by atoms with Crippen molar-refractivity contribution in [2.75, 3.05) is 13.1 Å². The molecule has 1 aromatic heterocycles. The normalized spacial score (nSPS) is 15.8. The third kappa shape index (κ3) is 3.86. The standard InChI is InChI=1S/C20H27N3O/c1-2-19-18(20(24)22-13-9-4-3-5-10-14-22)15-21-23(19)16-17-11-7-6-8-12-17/h6-8,11-12,15H,2-5,9-10,13-14,16H2,1H3. The smallest absolute Gasteiger partial charge is 0.257 e. The van der Waals surface area contributed by atoms with Crippen LogP contribution in [0.3, 0.4) is 0 Å². The molecule has 3 rings (SSSR count). The second-order valence-corrected chi connectivity index (χ2v) is 6.56. The highest BCUT2D eigenvalue weighted by Crippen LogP contribution is 2.17. The molecule has 0 bridgehead atoms. The van der Waals surface area contributed by atoms with Crippen molar-refractivity contribution in [1.82, 2.24) is 14.7 Å². The van der Waals surface area contributed by atoms with Gasteiger partial charge in [-0.2, -0.15) is 5.10 Å². The van der Waals surface area contributed by atoms with Crippen LogP contribution in [0.4, 0.5) is 0 Å². The van der Waals surface area contributed by atoms with Gasteiger partial charge in [-0.15, -0.1) is 0 Å². The van der Waals surface area contributed by atoms with Crippen LogP contribution >= 0.6 is 0 Å². The Balaban J connectivity index is 1.78. The molecule has 0 radical (unpaired) electrons. The number of amides is 1. The lowest BCUT2D eigenvalue weighted by Gasteiger charge is -2.24. The average molecular weight is 325 g/mol. The summed E-state index contributed by atoms with van der Waals surface area (Å²) in [7, 11) is 0. The summed E-state index contributed by atoms with van der Waals surface area (Å²) >= 11 is 0. The second kappa shape index (κ2) is 8.13.